The van der Waals surface area contributed by atoms with Crippen LogP contribution in [0.2, 0.25) is 0 Å². The van der Waals surface area contributed by atoms with E-state index in [0.717, 1.165) is 25.8 Å². The molecule has 16 heavy (non-hydrogen) atoms. The Kier molecular flexibility index (Phi) is 4.78. The smallest absolute Gasteiger partial charge is 0.240 e. The molecule has 1 saturated carbocycles. The van der Waals surface area contributed by atoms with Crippen LogP contribution in [0.3, 0.4) is 0 Å². The van der Waals surface area contributed by atoms with Gasteiger partial charge in [0.15, 0.2) is 0 Å². The van der Waals surface area contributed by atoms with E-state index in [1.165, 1.54) is 0 Å². The number of rotatable bonds is 6. The normalized spacial score (nSPS) is 19.6. The van der Waals surface area contributed by atoms with Crippen molar-refractivity contribution in [3.63, 3.8) is 0 Å². The molecule has 0 spiro atoms. The molecule has 0 aromatic carbocycles. The summed E-state index contributed by atoms with van der Waals surface area (Å²) in [6.45, 7) is 9.30. The standard InChI is InChI=1S/C13H26N2O/c1-5-10(4)12(14)13(16)15(8-9(2)3)11-6-7-11/h9-12H,5-8,14H2,1-4H3/t10-,12-/m0/s1. The van der Waals surface area contributed by atoms with Gasteiger partial charge in [0.05, 0.1) is 6.04 Å². The number of nitrogens with two attached hydrogens (primary N) is 1. The third-order valence-corrected chi connectivity index (χ3v) is 3.37. The summed E-state index contributed by atoms with van der Waals surface area (Å²) in [5, 5.41) is 0. The molecule has 3 heteroatoms. The van der Waals surface area contributed by atoms with Crippen LogP contribution in [0.15, 0.2) is 0 Å². The van der Waals surface area contributed by atoms with Crippen LogP contribution in [-0.2, 0) is 4.79 Å². The van der Waals surface area contributed by atoms with Gasteiger partial charge >= 0.3 is 0 Å². The lowest BCUT2D eigenvalue weighted by molar-refractivity contribution is -0.134. The number of hydrogen-bond donors (Lipinski definition) is 1. The molecule has 2 N–H and O–H groups in total. The monoisotopic (exact) mass is 226 g/mol. The third-order valence-electron chi connectivity index (χ3n) is 3.37. The molecule has 0 heterocycles. The molecule has 0 aromatic rings. The number of carbonyl (C=O) groups is 1. The lowest BCUT2D eigenvalue weighted by Gasteiger charge is -2.29. The van der Waals surface area contributed by atoms with Gasteiger partial charge in [-0.15, -0.1) is 0 Å². The molecule has 0 radical (unpaired) electrons. The molecule has 1 aliphatic carbocycles. The SMILES string of the molecule is CC[C@H](C)[C@H](N)C(=O)N(CC(C)C)C1CC1. The lowest BCUT2D eigenvalue weighted by Crippen LogP contribution is -2.49. The molecule has 3 nitrogen and oxygen atoms in total. The molecular formula is C13H26N2O. The zero-order chi connectivity index (χ0) is 12.3. The topological polar surface area (TPSA) is 46.3 Å². The number of carbonyl (C=O) groups excluding carboxylic acids is 1. The zero-order valence-corrected chi connectivity index (χ0v) is 11.1. The second kappa shape index (κ2) is 5.67. The summed E-state index contributed by atoms with van der Waals surface area (Å²) in [6.07, 6.45) is 3.28. The van der Waals surface area contributed by atoms with Crippen LogP contribution in [0.5, 0.6) is 0 Å². The first-order chi connectivity index (χ1) is 7.47. The fourth-order valence-corrected chi connectivity index (χ4v) is 1.89. The maximum Gasteiger partial charge on any atom is 0.240 e. The number of amides is 1. The van der Waals surface area contributed by atoms with Crippen LogP contribution in [0.4, 0.5) is 0 Å². The first-order valence-corrected chi connectivity index (χ1v) is 6.53. The van der Waals surface area contributed by atoms with E-state index in [4.69, 9.17) is 5.73 Å². The summed E-state index contributed by atoms with van der Waals surface area (Å²) in [5.74, 6) is 0.958. The van der Waals surface area contributed by atoms with Gasteiger partial charge in [-0.1, -0.05) is 34.1 Å². The van der Waals surface area contributed by atoms with Crippen molar-refractivity contribution in [2.75, 3.05) is 6.54 Å². The number of hydrogen-bond acceptors (Lipinski definition) is 2. The Morgan fingerprint density at radius 3 is 2.31 bits per heavy atom. The summed E-state index contributed by atoms with van der Waals surface area (Å²) in [5.41, 5.74) is 6.02. The van der Waals surface area contributed by atoms with Gasteiger partial charge in [-0.2, -0.15) is 0 Å². The fourth-order valence-electron chi connectivity index (χ4n) is 1.89. The molecule has 2 atom stereocenters. The van der Waals surface area contributed by atoms with Crippen molar-refractivity contribution in [1.29, 1.82) is 0 Å². The van der Waals surface area contributed by atoms with E-state index in [0.29, 0.717) is 12.0 Å². The maximum absolute atomic E-state index is 12.3. The van der Waals surface area contributed by atoms with Crippen LogP contribution in [0, 0.1) is 11.8 Å². The molecule has 0 aromatic heterocycles. The summed E-state index contributed by atoms with van der Waals surface area (Å²) in [4.78, 5) is 14.3. The highest BCUT2D eigenvalue weighted by Gasteiger charge is 2.35. The molecule has 1 fully saturated rings. The highest BCUT2D eigenvalue weighted by Crippen LogP contribution is 2.28. The average molecular weight is 226 g/mol. The van der Waals surface area contributed by atoms with E-state index >= 15 is 0 Å². The van der Waals surface area contributed by atoms with E-state index in [2.05, 4.69) is 27.7 Å². The van der Waals surface area contributed by atoms with E-state index < -0.39 is 0 Å². The van der Waals surface area contributed by atoms with E-state index in [1.54, 1.807) is 0 Å². The van der Waals surface area contributed by atoms with Crippen molar-refractivity contribution in [2.24, 2.45) is 17.6 Å². The van der Waals surface area contributed by atoms with Gasteiger partial charge in [-0.3, -0.25) is 4.79 Å². The first-order valence-electron chi connectivity index (χ1n) is 6.53. The summed E-state index contributed by atoms with van der Waals surface area (Å²) in [7, 11) is 0. The molecule has 1 rings (SSSR count). The van der Waals surface area contributed by atoms with Crippen molar-refractivity contribution in [3.05, 3.63) is 0 Å². The highest BCUT2D eigenvalue weighted by molar-refractivity contribution is 5.82. The Hall–Kier alpha value is -0.570. The molecule has 1 amide bonds. The quantitative estimate of drug-likeness (QED) is 0.753. The Morgan fingerprint density at radius 2 is 1.94 bits per heavy atom. The molecule has 0 aliphatic heterocycles. The average Bonchev–Trinajstić information content (AvgIpc) is 3.06. The number of nitrogens with zero attached hydrogens (tertiary/aromatic N) is 1. The van der Waals surface area contributed by atoms with Crippen molar-refractivity contribution in [2.45, 2.75) is 59.0 Å². The minimum Gasteiger partial charge on any atom is -0.338 e. The van der Waals surface area contributed by atoms with Crippen molar-refractivity contribution >= 4 is 5.91 Å². The minimum atomic E-state index is -0.315. The molecule has 1 aliphatic rings. The summed E-state index contributed by atoms with van der Waals surface area (Å²) in [6, 6.07) is 0.161. The second-order valence-corrected chi connectivity index (χ2v) is 5.53. The largest absolute Gasteiger partial charge is 0.338 e. The zero-order valence-electron chi connectivity index (χ0n) is 11.1. The molecule has 0 bridgehead atoms. The van der Waals surface area contributed by atoms with Gasteiger partial charge in [-0.05, 0) is 24.7 Å². The summed E-state index contributed by atoms with van der Waals surface area (Å²) >= 11 is 0. The van der Waals surface area contributed by atoms with Gasteiger partial charge in [0, 0.05) is 12.6 Å². The lowest BCUT2D eigenvalue weighted by atomic mass is 9.98. The van der Waals surface area contributed by atoms with E-state index in [1.807, 2.05) is 4.90 Å². The second-order valence-electron chi connectivity index (χ2n) is 5.53. The van der Waals surface area contributed by atoms with Crippen LogP contribution < -0.4 is 5.73 Å². The van der Waals surface area contributed by atoms with Gasteiger partial charge in [-0.25, -0.2) is 0 Å². The Morgan fingerprint density at radius 1 is 1.38 bits per heavy atom. The predicted octanol–water partition coefficient (Wildman–Crippen LogP) is 2.01. The van der Waals surface area contributed by atoms with Crippen molar-refractivity contribution in [1.82, 2.24) is 4.90 Å². The van der Waals surface area contributed by atoms with Crippen LogP contribution >= 0.6 is 0 Å². The minimum absolute atomic E-state index is 0.158. The van der Waals surface area contributed by atoms with Gasteiger partial charge in [0.25, 0.3) is 0 Å². The molecule has 0 unspecified atom stereocenters. The molecule has 94 valence electrons. The Labute approximate surface area is 99.4 Å². The van der Waals surface area contributed by atoms with E-state index in [-0.39, 0.29) is 17.9 Å². The predicted molar refractivity (Wildman–Crippen MR) is 67.0 cm³/mol. The molecule has 0 saturated heterocycles. The van der Waals surface area contributed by atoms with Gasteiger partial charge in [0.1, 0.15) is 0 Å². The van der Waals surface area contributed by atoms with E-state index in [9.17, 15) is 4.79 Å². The first kappa shape index (κ1) is 13.5. The maximum atomic E-state index is 12.3. The Bertz CT molecular complexity index is 236. The van der Waals surface area contributed by atoms with Crippen LogP contribution in [-0.4, -0.2) is 29.4 Å². The van der Waals surface area contributed by atoms with Gasteiger partial charge < -0.3 is 10.6 Å². The van der Waals surface area contributed by atoms with Crippen molar-refractivity contribution < 1.29 is 4.79 Å². The van der Waals surface area contributed by atoms with Crippen LogP contribution in [0.25, 0.3) is 0 Å². The summed E-state index contributed by atoms with van der Waals surface area (Å²) < 4.78 is 0. The van der Waals surface area contributed by atoms with Crippen molar-refractivity contribution in [3.8, 4) is 0 Å². The van der Waals surface area contributed by atoms with Crippen LogP contribution in [0.1, 0.15) is 47.0 Å². The molecular weight excluding hydrogens is 200 g/mol. The fraction of sp³-hybridized carbons (Fsp3) is 0.923. The highest BCUT2D eigenvalue weighted by atomic mass is 16.2. The third kappa shape index (κ3) is 3.48. The Balaban J connectivity index is 2.59. The van der Waals surface area contributed by atoms with Gasteiger partial charge in [0.2, 0.25) is 5.91 Å².